The first-order valence-electron chi connectivity index (χ1n) is 18.8. The highest BCUT2D eigenvalue weighted by Crippen LogP contribution is 2.40. The number of halogens is 1. The number of carbonyl (C=O) groups is 1. The van der Waals surface area contributed by atoms with Crippen LogP contribution in [0.4, 0.5) is 22.0 Å². The fourth-order valence-corrected chi connectivity index (χ4v) is 6.57. The summed E-state index contributed by atoms with van der Waals surface area (Å²) in [6, 6.07) is 21.8. The van der Waals surface area contributed by atoms with Crippen molar-refractivity contribution in [1.29, 1.82) is 15.8 Å². The first-order chi connectivity index (χ1) is 28.2. The lowest BCUT2D eigenvalue weighted by Gasteiger charge is -2.31. The smallest absolute Gasteiger partial charge is 0.268 e. The van der Waals surface area contributed by atoms with E-state index in [0.717, 1.165) is 54.6 Å². The van der Waals surface area contributed by atoms with Gasteiger partial charge in [-0.3, -0.25) is 14.6 Å². The molecule has 5 aromatic rings. The van der Waals surface area contributed by atoms with Gasteiger partial charge in [-0.05, 0) is 105 Å². The van der Waals surface area contributed by atoms with Crippen molar-refractivity contribution in [1.82, 2.24) is 24.5 Å². The van der Waals surface area contributed by atoms with Crippen molar-refractivity contribution in [3.05, 3.63) is 152 Å². The second-order valence-electron chi connectivity index (χ2n) is 15.0. The Hall–Kier alpha value is -7.50. The fraction of sp³-hybridized carbons (Fsp3) is 0.267. The summed E-state index contributed by atoms with van der Waals surface area (Å²) in [6.07, 6.45) is 10.8. The van der Waals surface area contributed by atoms with Crippen molar-refractivity contribution >= 4 is 23.4 Å². The molecule has 6 rings (SSSR count). The number of para-hydroxylation sites is 1. The highest BCUT2D eigenvalue weighted by atomic mass is 19.1. The van der Waals surface area contributed by atoms with Crippen molar-refractivity contribution in [3.8, 4) is 24.0 Å². The van der Waals surface area contributed by atoms with Crippen molar-refractivity contribution in [2.75, 3.05) is 11.1 Å². The van der Waals surface area contributed by atoms with E-state index in [9.17, 15) is 19.2 Å². The lowest BCUT2D eigenvalue weighted by Crippen LogP contribution is -2.25. The molecule has 0 saturated heterocycles. The third kappa shape index (κ3) is 11.3. The second kappa shape index (κ2) is 19.1. The lowest BCUT2D eigenvalue weighted by atomic mass is 9.73. The summed E-state index contributed by atoms with van der Waals surface area (Å²) in [6.45, 7) is 9.60. The van der Waals surface area contributed by atoms with E-state index in [1.807, 2.05) is 61.7 Å². The van der Waals surface area contributed by atoms with E-state index in [1.165, 1.54) is 34.0 Å². The van der Waals surface area contributed by atoms with E-state index >= 15 is 0 Å². The monoisotopic (exact) mass is 790 g/mol. The van der Waals surface area contributed by atoms with Crippen LogP contribution >= 0.6 is 0 Å². The van der Waals surface area contributed by atoms with Gasteiger partial charge in [0.2, 0.25) is 11.9 Å². The number of hydrogen-bond acceptors (Lipinski definition) is 12. The van der Waals surface area contributed by atoms with Gasteiger partial charge >= 0.3 is 0 Å². The molecule has 13 nitrogen and oxygen atoms in total. The first-order valence-corrected chi connectivity index (χ1v) is 18.8. The molecule has 0 bridgehead atoms. The standard InChI is InChI=1S/C27H24FN7O3.C18H19N3/c1-15(2)35-13-18(10-17(12-29)25(35)37)24(36)20-11-19(28)8-9-22(20)38-14-23-32-26(30)34-27(33-23)31-21-7-5-4-6-16(21)3;1-18(2)9-15(6-5-14-4-3-7-21-13-14)8-16(10-18)17(11-19)12-20/h4-11,13,15H,14H2,1-3H3,(H3,30,31,32,33,34);3-4,7-8,13H,5-6,9-10H2,1-2H3. The topological polar surface area (TPSA) is 209 Å². The van der Waals surface area contributed by atoms with Crippen molar-refractivity contribution in [3.63, 3.8) is 0 Å². The van der Waals surface area contributed by atoms with E-state index in [4.69, 9.17) is 21.0 Å². The second-order valence-corrected chi connectivity index (χ2v) is 15.0. The Morgan fingerprint density at radius 1 is 1.02 bits per heavy atom. The number of allylic oxidation sites excluding steroid dienone is 4. The quantitative estimate of drug-likeness (QED) is 0.0959. The predicted molar refractivity (Wildman–Crippen MR) is 221 cm³/mol. The summed E-state index contributed by atoms with van der Waals surface area (Å²) >= 11 is 0. The highest BCUT2D eigenvalue weighted by Gasteiger charge is 2.27. The maximum Gasteiger partial charge on any atom is 0.268 e. The maximum absolute atomic E-state index is 14.2. The number of aromatic nitrogens is 5. The number of ketones is 1. The fourth-order valence-electron chi connectivity index (χ4n) is 6.57. The Labute approximate surface area is 342 Å². The van der Waals surface area contributed by atoms with E-state index in [2.05, 4.69) is 51.2 Å². The number of anilines is 3. The minimum Gasteiger partial charge on any atom is -0.485 e. The van der Waals surface area contributed by atoms with E-state index in [1.54, 1.807) is 20.0 Å². The molecule has 298 valence electrons. The number of ether oxygens (including phenoxy) is 1. The lowest BCUT2D eigenvalue weighted by molar-refractivity contribution is 0.103. The van der Waals surface area contributed by atoms with Crippen molar-refractivity contribution in [2.24, 2.45) is 5.41 Å². The van der Waals surface area contributed by atoms with Gasteiger partial charge in [-0.2, -0.15) is 30.7 Å². The third-order valence-electron chi connectivity index (χ3n) is 9.37. The van der Waals surface area contributed by atoms with Crippen LogP contribution in [0.25, 0.3) is 0 Å². The highest BCUT2D eigenvalue weighted by molar-refractivity contribution is 6.10. The Morgan fingerprint density at radius 3 is 2.46 bits per heavy atom. The number of rotatable bonds is 11. The molecule has 0 amide bonds. The number of carbonyl (C=O) groups excluding carboxylic acids is 1. The molecular weight excluding hydrogens is 748 g/mol. The molecule has 0 fully saturated rings. The van der Waals surface area contributed by atoms with Crippen LogP contribution in [0.1, 0.15) is 91.4 Å². The van der Waals surface area contributed by atoms with Crippen LogP contribution in [0.3, 0.4) is 0 Å². The molecule has 0 unspecified atom stereocenters. The first kappa shape index (κ1) is 42.6. The molecule has 3 aromatic heterocycles. The van der Waals surface area contributed by atoms with Crippen LogP contribution in [-0.4, -0.2) is 30.3 Å². The molecule has 1 aliphatic rings. The molecule has 1 aliphatic carbocycles. The third-order valence-corrected chi connectivity index (χ3v) is 9.37. The number of nitrogen functional groups attached to an aromatic ring is 1. The Bertz CT molecular complexity index is 2600. The number of benzene rings is 2. The molecule has 3 N–H and O–H groups in total. The van der Waals surface area contributed by atoms with Crippen molar-refractivity contribution < 1.29 is 13.9 Å². The van der Waals surface area contributed by atoms with Crippen LogP contribution in [0.2, 0.25) is 0 Å². The molecule has 0 atom stereocenters. The summed E-state index contributed by atoms with van der Waals surface area (Å²) < 4.78 is 21.3. The normalized spacial score (nSPS) is 12.8. The predicted octanol–water partition coefficient (Wildman–Crippen LogP) is 8.17. The Kier molecular flexibility index (Phi) is 13.8. The number of nitrogens with two attached hydrogens (primary N) is 1. The van der Waals surface area contributed by atoms with Gasteiger partial charge in [0, 0.05) is 35.9 Å². The maximum atomic E-state index is 14.2. The van der Waals surface area contributed by atoms with Gasteiger partial charge in [0.05, 0.1) is 5.56 Å². The molecule has 2 aromatic carbocycles. The average molecular weight is 791 g/mol. The molecule has 0 spiro atoms. The summed E-state index contributed by atoms with van der Waals surface area (Å²) in [4.78, 5) is 42.5. The zero-order valence-corrected chi connectivity index (χ0v) is 33.5. The molecule has 59 heavy (non-hydrogen) atoms. The summed E-state index contributed by atoms with van der Waals surface area (Å²) in [5.41, 5.74) is 10.6. The molecule has 3 heterocycles. The van der Waals surface area contributed by atoms with Gasteiger partial charge in [0.15, 0.2) is 11.6 Å². The summed E-state index contributed by atoms with van der Waals surface area (Å²) in [5, 5.41) is 30.6. The summed E-state index contributed by atoms with van der Waals surface area (Å²) in [5.74, 6) is -0.873. The largest absolute Gasteiger partial charge is 0.485 e. The number of hydrogen-bond donors (Lipinski definition) is 2. The number of nitrogens with zero attached hydrogens (tertiary/aromatic N) is 8. The molecule has 0 saturated carbocycles. The molecule has 0 radical (unpaired) electrons. The Balaban J connectivity index is 0.000000266. The number of aryl methyl sites for hydroxylation is 2. The number of nitriles is 3. The molecule has 14 heteroatoms. The van der Waals surface area contributed by atoms with Crippen LogP contribution < -0.4 is 21.3 Å². The minimum absolute atomic E-state index is 0.0370. The van der Waals surface area contributed by atoms with Crippen molar-refractivity contribution in [2.45, 2.75) is 73.0 Å². The van der Waals surface area contributed by atoms with Crippen LogP contribution in [0.15, 0.2) is 107 Å². The van der Waals surface area contributed by atoms with Gasteiger partial charge in [-0.1, -0.05) is 49.8 Å². The van der Waals surface area contributed by atoms with E-state index < -0.39 is 17.2 Å². The average Bonchev–Trinajstić information content (AvgIpc) is 3.20. The van der Waals surface area contributed by atoms with Gasteiger partial charge < -0.3 is 20.4 Å². The molecular formula is C45H43FN10O3. The van der Waals surface area contributed by atoms with Crippen LogP contribution in [0.5, 0.6) is 5.75 Å². The van der Waals surface area contributed by atoms with Crippen LogP contribution in [0, 0.1) is 52.1 Å². The summed E-state index contributed by atoms with van der Waals surface area (Å²) in [7, 11) is 0. The number of nitrogens with one attached hydrogen (secondary N) is 1. The number of pyridine rings is 2. The van der Waals surface area contributed by atoms with Gasteiger partial charge in [0.25, 0.3) is 5.56 Å². The molecule has 0 aliphatic heterocycles. The van der Waals surface area contributed by atoms with Crippen LogP contribution in [-0.2, 0) is 13.0 Å². The zero-order valence-electron chi connectivity index (χ0n) is 33.5. The Morgan fingerprint density at radius 2 is 1.78 bits per heavy atom. The minimum atomic E-state index is -0.660. The van der Waals surface area contributed by atoms with E-state index in [0.29, 0.717) is 0 Å². The zero-order chi connectivity index (χ0) is 42.7. The van der Waals surface area contributed by atoms with Gasteiger partial charge in [0.1, 0.15) is 47.5 Å². The van der Waals surface area contributed by atoms with Gasteiger partial charge in [-0.25, -0.2) is 4.39 Å². The van der Waals surface area contributed by atoms with Gasteiger partial charge in [-0.15, -0.1) is 0 Å². The SMILES string of the molecule is CC1(C)CC(CCc2cccnc2)=CC(=C(C#N)C#N)C1.Cc1ccccc1Nc1nc(N)nc(COc2ccc(F)cc2C(=O)c2cc(C#N)c(=O)n(C(C)C)c2)n1. The van der Waals surface area contributed by atoms with E-state index in [-0.39, 0.29) is 63.8 Å².